The molecule has 8 nitrogen and oxygen atoms in total. The lowest BCUT2D eigenvalue weighted by Crippen LogP contribution is -2.64. The quantitative estimate of drug-likeness (QED) is 0.733. The minimum absolute atomic E-state index is 0.0291. The Hall–Kier alpha value is -2.16. The summed E-state index contributed by atoms with van der Waals surface area (Å²) in [6, 6.07) is 9.74. The molecule has 3 heterocycles. The molecule has 168 valence electrons. The number of fused-ring (bicyclic) bond motifs is 1. The van der Waals surface area contributed by atoms with Gasteiger partial charge in [-0.15, -0.1) is 0 Å². The molecule has 1 aromatic carbocycles. The number of ether oxygens (including phenoxy) is 4. The number of piperidine rings is 1. The van der Waals surface area contributed by atoms with E-state index in [1.54, 1.807) is 4.90 Å². The number of rotatable bonds is 3. The molecule has 1 saturated carbocycles. The van der Waals surface area contributed by atoms with E-state index in [0.29, 0.717) is 32.7 Å². The molecule has 3 aliphatic heterocycles. The van der Waals surface area contributed by atoms with Gasteiger partial charge in [0.05, 0.1) is 25.4 Å². The molecule has 0 bridgehead atoms. The van der Waals surface area contributed by atoms with Crippen LogP contribution in [0.15, 0.2) is 30.3 Å². The fourth-order valence-corrected chi connectivity index (χ4v) is 5.39. The largest absolute Gasteiger partial charge is 0.445 e. The van der Waals surface area contributed by atoms with Crippen LogP contribution in [-0.2, 0) is 30.3 Å². The van der Waals surface area contributed by atoms with Crippen LogP contribution in [0.2, 0.25) is 0 Å². The zero-order valence-corrected chi connectivity index (χ0v) is 17.7. The number of nitrogens with zero attached hydrogens (tertiary/aromatic N) is 2. The van der Waals surface area contributed by atoms with Crippen molar-refractivity contribution in [3.63, 3.8) is 0 Å². The molecule has 1 aliphatic carbocycles. The predicted molar refractivity (Wildman–Crippen MR) is 110 cm³/mol. The van der Waals surface area contributed by atoms with Crippen molar-refractivity contribution in [1.29, 1.82) is 0 Å². The SMILES string of the molecule is O=C(OCc1ccccc1)N1CCC(N2C(=O)CO[C@@H]3CCC4(C[C@H]32)OCCO4)CC1. The monoisotopic (exact) mass is 430 g/mol. The molecule has 4 fully saturated rings. The van der Waals surface area contributed by atoms with Crippen molar-refractivity contribution in [3.8, 4) is 0 Å². The van der Waals surface area contributed by atoms with Gasteiger partial charge < -0.3 is 28.7 Å². The van der Waals surface area contributed by atoms with Gasteiger partial charge in [0.15, 0.2) is 5.79 Å². The summed E-state index contributed by atoms with van der Waals surface area (Å²) in [6.45, 7) is 2.78. The van der Waals surface area contributed by atoms with Crippen molar-refractivity contribution in [3.05, 3.63) is 35.9 Å². The van der Waals surface area contributed by atoms with Crippen LogP contribution in [-0.4, -0.2) is 78.7 Å². The fraction of sp³-hybridized carbons (Fsp3) is 0.652. The highest BCUT2D eigenvalue weighted by molar-refractivity contribution is 5.79. The predicted octanol–water partition coefficient (Wildman–Crippen LogP) is 2.31. The first-order valence-corrected chi connectivity index (χ1v) is 11.3. The standard InChI is InChI=1S/C23H30N2O6/c26-21-16-28-20-6-9-23(30-12-13-31-23)14-19(20)25(21)18-7-10-24(11-8-18)22(27)29-15-17-4-2-1-3-5-17/h1-5,18-20H,6-16H2/t19-,20-/m1/s1. The zero-order chi connectivity index (χ0) is 21.3. The van der Waals surface area contributed by atoms with Crippen molar-refractivity contribution >= 4 is 12.0 Å². The van der Waals surface area contributed by atoms with E-state index in [4.69, 9.17) is 18.9 Å². The summed E-state index contributed by atoms with van der Waals surface area (Å²) in [6.07, 6.45) is 3.51. The van der Waals surface area contributed by atoms with Crippen LogP contribution in [0.25, 0.3) is 0 Å². The van der Waals surface area contributed by atoms with Gasteiger partial charge in [-0.05, 0) is 24.8 Å². The maximum Gasteiger partial charge on any atom is 0.410 e. The maximum atomic E-state index is 12.8. The molecule has 4 aliphatic rings. The van der Waals surface area contributed by atoms with Gasteiger partial charge in [-0.1, -0.05) is 30.3 Å². The van der Waals surface area contributed by atoms with Gasteiger partial charge in [0.25, 0.3) is 0 Å². The maximum absolute atomic E-state index is 12.8. The second kappa shape index (κ2) is 8.76. The number of likely N-dealkylation sites (tertiary alicyclic amines) is 1. The zero-order valence-electron chi connectivity index (χ0n) is 17.7. The highest BCUT2D eigenvalue weighted by Crippen LogP contribution is 2.41. The molecule has 2 amide bonds. The van der Waals surface area contributed by atoms with E-state index in [0.717, 1.165) is 31.2 Å². The number of amides is 2. The summed E-state index contributed by atoms with van der Waals surface area (Å²) < 4.78 is 23.2. The van der Waals surface area contributed by atoms with Crippen LogP contribution in [0.4, 0.5) is 4.79 Å². The Morgan fingerprint density at radius 1 is 1.10 bits per heavy atom. The van der Waals surface area contributed by atoms with Crippen LogP contribution < -0.4 is 0 Å². The van der Waals surface area contributed by atoms with Gasteiger partial charge in [0.1, 0.15) is 13.2 Å². The third-order valence-corrected chi connectivity index (χ3v) is 6.96. The van der Waals surface area contributed by atoms with Crippen LogP contribution >= 0.6 is 0 Å². The first-order chi connectivity index (χ1) is 15.1. The normalized spacial score (nSPS) is 28.6. The molecule has 2 atom stereocenters. The van der Waals surface area contributed by atoms with Crippen molar-refractivity contribution in [2.24, 2.45) is 0 Å². The van der Waals surface area contributed by atoms with Crippen LogP contribution in [0.3, 0.4) is 0 Å². The lowest BCUT2D eigenvalue weighted by atomic mass is 9.83. The van der Waals surface area contributed by atoms with E-state index in [2.05, 4.69) is 0 Å². The van der Waals surface area contributed by atoms with Gasteiger partial charge in [-0.2, -0.15) is 0 Å². The third-order valence-electron chi connectivity index (χ3n) is 6.96. The lowest BCUT2D eigenvalue weighted by Gasteiger charge is -2.51. The molecular weight excluding hydrogens is 400 g/mol. The summed E-state index contributed by atoms with van der Waals surface area (Å²) in [5.41, 5.74) is 0.971. The van der Waals surface area contributed by atoms with Gasteiger partial charge >= 0.3 is 6.09 Å². The molecule has 5 rings (SSSR count). The molecule has 31 heavy (non-hydrogen) atoms. The van der Waals surface area contributed by atoms with Crippen molar-refractivity contribution in [2.75, 3.05) is 32.9 Å². The first-order valence-electron chi connectivity index (χ1n) is 11.3. The van der Waals surface area contributed by atoms with Crippen LogP contribution in [0, 0.1) is 0 Å². The summed E-state index contributed by atoms with van der Waals surface area (Å²) in [5, 5.41) is 0. The van der Waals surface area contributed by atoms with Gasteiger partial charge in [-0.25, -0.2) is 4.79 Å². The van der Waals surface area contributed by atoms with E-state index >= 15 is 0 Å². The Bertz CT molecular complexity index is 789. The second-order valence-electron chi connectivity index (χ2n) is 8.83. The van der Waals surface area contributed by atoms with Gasteiger partial charge in [0, 0.05) is 32.0 Å². The molecule has 0 radical (unpaired) electrons. The Morgan fingerprint density at radius 2 is 1.84 bits per heavy atom. The summed E-state index contributed by atoms with van der Waals surface area (Å²) >= 11 is 0. The molecule has 8 heteroatoms. The molecule has 3 saturated heterocycles. The number of benzene rings is 1. The molecule has 0 unspecified atom stereocenters. The Kier molecular flexibility index (Phi) is 5.86. The van der Waals surface area contributed by atoms with E-state index in [1.807, 2.05) is 35.2 Å². The molecule has 0 aromatic heterocycles. The highest BCUT2D eigenvalue weighted by atomic mass is 16.7. The summed E-state index contributed by atoms with van der Waals surface area (Å²) in [4.78, 5) is 29.1. The number of morpholine rings is 1. The summed E-state index contributed by atoms with van der Waals surface area (Å²) in [7, 11) is 0. The van der Waals surface area contributed by atoms with Crippen LogP contribution in [0.5, 0.6) is 0 Å². The Labute approximate surface area is 182 Å². The van der Waals surface area contributed by atoms with Crippen molar-refractivity contribution < 1.29 is 28.5 Å². The van der Waals surface area contributed by atoms with Gasteiger partial charge in [-0.3, -0.25) is 4.79 Å². The van der Waals surface area contributed by atoms with Crippen molar-refractivity contribution in [1.82, 2.24) is 9.80 Å². The van der Waals surface area contributed by atoms with E-state index in [1.165, 1.54) is 0 Å². The van der Waals surface area contributed by atoms with E-state index < -0.39 is 5.79 Å². The number of carbonyl (C=O) groups excluding carboxylic acids is 2. The topological polar surface area (TPSA) is 77.5 Å². The number of carbonyl (C=O) groups is 2. The van der Waals surface area contributed by atoms with Crippen LogP contribution in [0.1, 0.15) is 37.7 Å². The van der Waals surface area contributed by atoms with E-state index in [-0.39, 0.29) is 43.4 Å². The fourth-order valence-electron chi connectivity index (χ4n) is 5.39. The average Bonchev–Trinajstić information content (AvgIpc) is 3.26. The highest BCUT2D eigenvalue weighted by Gasteiger charge is 2.51. The lowest BCUT2D eigenvalue weighted by molar-refractivity contribution is -0.225. The first kappa shape index (κ1) is 20.7. The number of hydrogen-bond acceptors (Lipinski definition) is 6. The minimum Gasteiger partial charge on any atom is -0.445 e. The third kappa shape index (κ3) is 4.29. The molecular formula is C23H30N2O6. The molecule has 0 N–H and O–H groups in total. The average molecular weight is 431 g/mol. The van der Waals surface area contributed by atoms with Crippen molar-refractivity contribution in [2.45, 2.75) is 62.7 Å². The number of hydrogen-bond donors (Lipinski definition) is 0. The minimum atomic E-state index is -0.567. The molecule has 1 spiro atoms. The van der Waals surface area contributed by atoms with Gasteiger partial charge in [0.2, 0.25) is 5.91 Å². The van der Waals surface area contributed by atoms with E-state index in [9.17, 15) is 9.59 Å². The summed E-state index contributed by atoms with van der Waals surface area (Å²) in [5.74, 6) is -0.538. The smallest absolute Gasteiger partial charge is 0.410 e. The Balaban J connectivity index is 1.19. The molecule has 1 aromatic rings. The second-order valence-corrected chi connectivity index (χ2v) is 8.83. The Morgan fingerprint density at radius 3 is 2.58 bits per heavy atom.